The Morgan fingerprint density at radius 1 is 1.36 bits per heavy atom. The molecule has 0 radical (unpaired) electrons. The Balaban J connectivity index is 2.03. The predicted octanol–water partition coefficient (Wildman–Crippen LogP) is 2.95. The first-order valence-electron chi connectivity index (χ1n) is 6.80. The van der Waals surface area contributed by atoms with E-state index in [4.69, 9.17) is 10.5 Å². The van der Waals surface area contributed by atoms with Gasteiger partial charge in [0.1, 0.15) is 5.75 Å². The third-order valence-electron chi connectivity index (χ3n) is 3.23. The number of aromatic nitrogens is 2. The standard InChI is InChI=1S/C17H15N3O2/c1-11(21)22-13-4-5-17-14(8-13)15(10-20-17)16(18)7-12-3-2-6-19-9-12/h2-10,20H,18H2,1H3/b16-7-. The van der Waals surface area contributed by atoms with Crippen molar-refractivity contribution in [2.75, 3.05) is 0 Å². The van der Waals surface area contributed by atoms with Gasteiger partial charge in [0.2, 0.25) is 0 Å². The van der Waals surface area contributed by atoms with Crippen molar-refractivity contribution < 1.29 is 9.53 Å². The number of benzene rings is 1. The first-order chi connectivity index (χ1) is 10.6. The number of carbonyl (C=O) groups excluding carboxylic acids is 1. The molecule has 0 fully saturated rings. The number of rotatable bonds is 3. The third kappa shape index (κ3) is 2.83. The number of nitrogens with zero attached hydrogens (tertiary/aromatic N) is 1. The highest BCUT2D eigenvalue weighted by Gasteiger charge is 2.08. The van der Waals surface area contributed by atoms with Crippen molar-refractivity contribution in [3.05, 3.63) is 60.0 Å². The number of pyridine rings is 1. The fourth-order valence-electron chi connectivity index (χ4n) is 2.29. The van der Waals surface area contributed by atoms with Gasteiger partial charge in [-0.1, -0.05) is 6.07 Å². The van der Waals surface area contributed by atoms with E-state index < -0.39 is 0 Å². The van der Waals surface area contributed by atoms with Crippen molar-refractivity contribution in [3.8, 4) is 5.75 Å². The zero-order valence-corrected chi connectivity index (χ0v) is 12.0. The van der Waals surface area contributed by atoms with E-state index in [1.54, 1.807) is 24.5 Å². The van der Waals surface area contributed by atoms with Crippen molar-refractivity contribution in [2.24, 2.45) is 5.73 Å². The molecule has 0 atom stereocenters. The normalized spacial score (nSPS) is 11.6. The molecule has 3 N–H and O–H groups in total. The van der Waals surface area contributed by atoms with Gasteiger partial charge >= 0.3 is 5.97 Å². The molecule has 2 heterocycles. The van der Waals surface area contributed by atoms with Crippen LogP contribution in [0, 0.1) is 0 Å². The molecular weight excluding hydrogens is 278 g/mol. The van der Waals surface area contributed by atoms with Crippen LogP contribution in [-0.2, 0) is 4.79 Å². The molecule has 0 bridgehead atoms. The van der Waals surface area contributed by atoms with Crippen LogP contribution in [0.25, 0.3) is 22.7 Å². The van der Waals surface area contributed by atoms with E-state index in [9.17, 15) is 4.79 Å². The number of nitrogens with two attached hydrogens (primary N) is 1. The number of carbonyl (C=O) groups is 1. The summed E-state index contributed by atoms with van der Waals surface area (Å²) in [5, 5.41) is 0.899. The molecule has 2 aromatic heterocycles. The lowest BCUT2D eigenvalue weighted by Crippen LogP contribution is -2.01. The Bertz CT molecular complexity index is 851. The average molecular weight is 293 g/mol. The monoisotopic (exact) mass is 293 g/mol. The summed E-state index contributed by atoms with van der Waals surface area (Å²) in [5.41, 5.74) is 9.51. The molecule has 3 rings (SSSR count). The Hall–Kier alpha value is -3.08. The number of hydrogen-bond donors (Lipinski definition) is 2. The number of aromatic amines is 1. The highest BCUT2D eigenvalue weighted by atomic mass is 16.5. The number of fused-ring (bicyclic) bond motifs is 1. The number of H-pyrrole nitrogens is 1. The van der Waals surface area contributed by atoms with Crippen molar-refractivity contribution in [2.45, 2.75) is 6.92 Å². The minimum Gasteiger partial charge on any atom is -0.427 e. The second-order valence-corrected chi connectivity index (χ2v) is 4.89. The van der Waals surface area contributed by atoms with Crippen molar-refractivity contribution in [1.82, 2.24) is 9.97 Å². The fraction of sp³-hybridized carbons (Fsp3) is 0.0588. The molecule has 5 heteroatoms. The van der Waals surface area contributed by atoms with Gasteiger partial charge in [0.15, 0.2) is 0 Å². The zero-order chi connectivity index (χ0) is 15.5. The minimum absolute atomic E-state index is 0.352. The molecule has 0 aliphatic carbocycles. The van der Waals surface area contributed by atoms with Gasteiger partial charge < -0.3 is 15.5 Å². The fourth-order valence-corrected chi connectivity index (χ4v) is 2.29. The molecule has 1 aromatic carbocycles. The van der Waals surface area contributed by atoms with Crippen molar-refractivity contribution in [1.29, 1.82) is 0 Å². The highest BCUT2D eigenvalue weighted by molar-refractivity contribution is 5.96. The van der Waals surface area contributed by atoms with E-state index in [1.807, 2.05) is 30.5 Å². The van der Waals surface area contributed by atoms with Gasteiger partial charge in [0, 0.05) is 47.7 Å². The largest absolute Gasteiger partial charge is 0.427 e. The summed E-state index contributed by atoms with van der Waals surface area (Å²) in [6.45, 7) is 1.37. The molecular formula is C17H15N3O2. The van der Waals surface area contributed by atoms with Gasteiger partial charge in [-0.15, -0.1) is 0 Å². The van der Waals surface area contributed by atoms with Crippen molar-refractivity contribution >= 4 is 28.6 Å². The van der Waals surface area contributed by atoms with E-state index >= 15 is 0 Å². The maximum absolute atomic E-state index is 11.1. The average Bonchev–Trinajstić information content (AvgIpc) is 2.91. The smallest absolute Gasteiger partial charge is 0.308 e. The Morgan fingerprint density at radius 2 is 2.23 bits per heavy atom. The van der Waals surface area contributed by atoms with Crippen LogP contribution >= 0.6 is 0 Å². The number of nitrogens with one attached hydrogen (secondary N) is 1. The maximum Gasteiger partial charge on any atom is 0.308 e. The van der Waals surface area contributed by atoms with Crippen LogP contribution in [-0.4, -0.2) is 15.9 Å². The van der Waals surface area contributed by atoms with Crippen LogP contribution in [0.4, 0.5) is 0 Å². The molecule has 0 amide bonds. The van der Waals surface area contributed by atoms with E-state index in [1.165, 1.54) is 6.92 Å². The number of hydrogen-bond acceptors (Lipinski definition) is 4. The van der Waals surface area contributed by atoms with E-state index in [-0.39, 0.29) is 5.97 Å². The van der Waals surface area contributed by atoms with Gasteiger partial charge in [-0.3, -0.25) is 9.78 Å². The molecule has 0 unspecified atom stereocenters. The molecule has 0 aliphatic rings. The number of ether oxygens (including phenoxy) is 1. The first kappa shape index (κ1) is 13.9. The Morgan fingerprint density at radius 3 is 2.95 bits per heavy atom. The topological polar surface area (TPSA) is 81.0 Å². The van der Waals surface area contributed by atoms with Gasteiger partial charge in [-0.2, -0.15) is 0 Å². The first-order valence-corrected chi connectivity index (χ1v) is 6.80. The van der Waals surface area contributed by atoms with E-state index in [0.29, 0.717) is 11.4 Å². The third-order valence-corrected chi connectivity index (χ3v) is 3.23. The molecule has 22 heavy (non-hydrogen) atoms. The Kier molecular flexibility index (Phi) is 3.62. The molecule has 110 valence electrons. The predicted molar refractivity (Wildman–Crippen MR) is 85.9 cm³/mol. The van der Waals surface area contributed by atoms with Crippen LogP contribution in [0.15, 0.2) is 48.9 Å². The van der Waals surface area contributed by atoms with Gasteiger partial charge in [-0.05, 0) is 35.9 Å². The second-order valence-electron chi connectivity index (χ2n) is 4.89. The lowest BCUT2D eigenvalue weighted by atomic mass is 10.1. The molecule has 5 nitrogen and oxygen atoms in total. The molecule has 0 saturated heterocycles. The van der Waals surface area contributed by atoms with Gasteiger partial charge in [0.25, 0.3) is 0 Å². The van der Waals surface area contributed by atoms with Crippen LogP contribution in [0.5, 0.6) is 5.75 Å². The molecule has 0 aliphatic heterocycles. The minimum atomic E-state index is -0.352. The highest BCUT2D eigenvalue weighted by Crippen LogP contribution is 2.27. The lowest BCUT2D eigenvalue weighted by Gasteiger charge is -2.03. The molecule has 0 saturated carbocycles. The summed E-state index contributed by atoms with van der Waals surface area (Å²) >= 11 is 0. The summed E-state index contributed by atoms with van der Waals surface area (Å²) < 4.78 is 5.12. The van der Waals surface area contributed by atoms with E-state index in [2.05, 4.69) is 9.97 Å². The summed E-state index contributed by atoms with van der Waals surface area (Å²) in [7, 11) is 0. The maximum atomic E-state index is 11.1. The summed E-state index contributed by atoms with van der Waals surface area (Å²) in [4.78, 5) is 18.3. The van der Waals surface area contributed by atoms with Crippen LogP contribution in [0.2, 0.25) is 0 Å². The summed E-state index contributed by atoms with van der Waals surface area (Å²) in [6.07, 6.45) is 7.15. The quantitative estimate of drug-likeness (QED) is 0.574. The SMILES string of the molecule is CC(=O)Oc1ccc2[nH]cc(/C(N)=C/c3cccnc3)c2c1. The number of esters is 1. The van der Waals surface area contributed by atoms with Crippen molar-refractivity contribution in [3.63, 3.8) is 0 Å². The van der Waals surface area contributed by atoms with Crippen LogP contribution in [0.1, 0.15) is 18.1 Å². The van der Waals surface area contributed by atoms with Gasteiger partial charge in [-0.25, -0.2) is 0 Å². The van der Waals surface area contributed by atoms with Crippen LogP contribution < -0.4 is 10.5 Å². The van der Waals surface area contributed by atoms with Crippen LogP contribution in [0.3, 0.4) is 0 Å². The van der Waals surface area contributed by atoms with Gasteiger partial charge in [0.05, 0.1) is 0 Å². The van der Waals surface area contributed by atoms with E-state index in [0.717, 1.165) is 22.0 Å². The molecule has 0 spiro atoms. The lowest BCUT2D eigenvalue weighted by molar-refractivity contribution is -0.131. The Labute approximate surface area is 127 Å². The summed E-state index contributed by atoms with van der Waals surface area (Å²) in [6, 6.07) is 9.18. The summed E-state index contributed by atoms with van der Waals surface area (Å²) in [5.74, 6) is 0.144. The molecule has 3 aromatic rings. The zero-order valence-electron chi connectivity index (χ0n) is 12.0. The second kappa shape index (κ2) is 5.73.